The number of hydrogen-bond acceptors (Lipinski definition) is 4. The molecule has 0 aliphatic carbocycles. The number of morpholine rings is 1. The Bertz CT molecular complexity index is 1050. The summed E-state index contributed by atoms with van der Waals surface area (Å²) in [5.74, 6) is -0.644. The summed E-state index contributed by atoms with van der Waals surface area (Å²) in [5, 5.41) is 0.475. The Morgan fingerprint density at radius 1 is 0.967 bits per heavy atom. The zero-order valence-electron chi connectivity index (χ0n) is 17.6. The van der Waals surface area contributed by atoms with E-state index in [2.05, 4.69) is 0 Å². The number of benzene rings is 2. The summed E-state index contributed by atoms with van der Waals surface area (Å²) < 4.78 is 5.85. The predicted octanol–water partition coefficient (Wildman–Crippen LogP) is 4.35. The van der Waals surface area contributed by atoms with Crippen LogP contribution in [-0.2, 0) is 14.3 Å². The lowest BCUT2D eigenvalue weighted by atomic mass is 9.97. The molecule has 2 atom stereocenters. The van der Waals surface area contributed by atoms with E-state index in [9.17, 15) is 9.59 Å². The maximum atomic E-state index is 13.6. The van der Waals surface area contributed by atoms with Gasteiger partial charge >= 0.3 is 0 Å². The minimum absolute atomic E-state index is 0.0373. The lowest BCUT2D eigenvalue weighted by Crippen LogP contribution is -2.47. The molecule has 2 aromatic carbocycles. The van der Waals surface area contributed by atoms with Crippen molar-refractivity contribution < 1.29 is 14.3 Å². The highest BCUT2D eigenvalue weighted by Crippen LogP contribution is 2.37. The molecule has 2 unspecified atom stereocenters. The van der Waals surface area contributed by atoms with Crippen molar-refractivity contribution in [3.63, 3.8) is 0 Å². The average Bonchev–Trinajstić information content (AvgIpc) is 2.91. The Labute approximate surface area is 181 Å². The van der Waals surface area contributed by atoms with Crippen molar-refractivity contribution in [1.29, 1.82) is 0 Å². The van der Waals surface area contributed by atoms with Crippen LogP contribution in [0.5, 0.6) is 0 Å². The van der Waals surface area contributed by atoms with Crippen molar-refractivity contribution in [3.8, 4) is 0 Å². The third-order valence-electron chi connectivity index (χ3n) is 5.51. The first-order chi connectivity index (χ1) is 14.3. The molecule has 0 aromatic heterocycles. The molecule has 0 saturated carbocycles. The van der Waals surface area contributed by atoms with Gasteiger partial charge in [0.25, 0.3) is 11.8 Å². The highest BCUT2D eigenvalue weighted by atomic mass is 35.5. The van der Waals surface area contributed by atoms with Crippen LogP contribution in [0, 0.1) is 13.8 Å². The summed E-state index contributed by atoms with van der Waals surface area (Å²) in [6.07, 6.45) is -0.0746. The molecule has 4 rings (SSSR count). The quantitative estimate of drug-likeness (QED) is 0.687. The van der Waals surface area contributed by atoms with Crippen LogP contribution in [0.25, 0.3) is 5.57 Å². The first-order valence-corrected chi connectivity index (χ1v) is 10.5. The lowest BCUT2D eigenvalue weighted by Gasteiger charge is -2.37. The summed E-state index contributed by atoms with van der Waals surface area (Å²) in [6, 6.07) is 12.8. The number of imide groups is 1. The van der Waals surface area contributed by atoms with E-state index < -0.39 is 0 Å². The molecule has 2 aliphatic rings. The second kappa shape index (κ2) is 7.89. The van der Waals surface area contributed by atoms with E-state index in [0.717, 1.165) is 16.7 Å². The Hall–Kier alpha value is -2.63. The Balaban J connectivity index is 1.88. The fourth-order valence-electron chi connectivity index (χ4n) is 4.36. The van der Waals surface area contributed by atoms with E-state index >= 15 is 0 Å². The smallest absolute Gasteiger partial charge is 0.282 e. The SMILES string of the molecule is Cc1ccc(C2=C(N3CC(C)OC(C)C3)C(=O)N(c3cccc(Cl)c3)C2=O)c(C)c1. The van der Waals surface area contributed by atoms with Gasteiger partial charge in [-0.25, -0.2) is 4.90 Å². The van der Waals surface area contributed by atoms with E-state index in [-0.39, 0.29) is 24.0 Å². The zero-order valence-corrected chi connectivity index (χ0v) is 18.4. The number of aryl methyl sites for hydroxylation is 2. The Kier molecular flexibility index (Phi) is 5.43. The molecule has 0 bridgehead atoms. The van der Waals surface area contributed by atoms with E-state index in [1.54, 1.807) is 24.3 Å². The first kappa shape index (κ1) is 20.6. The number of nitrogens with zero attached hydrogens (tertiary/aromatic N) is 2. The van der Waals surface area contributed by atoms with Crippen LogP contribution in [0.15, 0.2) is 48.2 Å². The third kappa shape index (κ3) is 3.64. The fourth-order valence-corrected chi connectivity index (χ4v) is 4.54. The molecule has 2 aliphatic heterocycles. The van der Waals surface area contributed by atoms with Gasteiger partial charge in [-0.05, 0) is 57.0 Å². The number of carbonyl (C=O) groups excluding carboxylic acids is 2. The lowest BCUT2D eigenvalue weighted by molar-refractivity contribution is -0.121. The van der Waals surface area contributed by atoms with Gasteiger partial charge in [0.2, 0.25) is 0 Å². The molecule has 0 N–H and O–H groups in total. The van der Waals surface area contributed by atoms with Crippen LogP contribution in [0.1, 0.15) is 30.5 Å². The molecule has 6 heteroatoms. The van der Waals surface area contributed by atoms with Crippen molar-refractivity contribution in [3.05, 3.63) is 69.9 Å². The van der Waals surface area contributed by atoms with Gasteiger partial charge in [-0.3, -0.25) is 9.59 Å². The molecule has 2 amide bonds. The van der Waals surface area contributed by atoms with Crippen LogP contribution in [-0.4, -0.2) is 42.0 Å². The van der Waals surface area contributed by atoms with Crippen LogP contribution < -0.4 is 4.90 Å². The van der Waals surface area contributed by atoms with E-state index in [4.69, 9.17) is 16.3 Å². The largest absolute Gasteiger partial charge is 0.372 e. The van der Waals surface area contributed by atoms with Gasteiger partial charge < -0.3 is 9.64 Å². The Morgan fingerprint density at radius 3 is 2.30 bits per heavy atom. The number of rotatable bonds is 3. The Morgan fingerprint density at radius 2 is 1.67 bits per heavy atom. The number of hydrogen-bond donors (Lipinski definition) is 0. The predicted molar refractivity (Wildman–Crippen MR) is 118 cm³/mol. The molecular formula is C24H25ClN2O3. The van der Waals surface area contributed by atoms with Gasteiger partial charge in [-0.1, -0.05) is 41.4 Å². The molecule has 0 radical (unpaired) electrons. The first-order valence-electron chi connectivity index (χ1n) is 10.1. The summed E-state index contributed by atoms with van der Waals surface area (Å²) in [4.78, 5) is 30.5. The average molecular weight is 425 g/mol. The van der Waals surface area contributed by atoms with Crippen molar-refractivity contribution in [1.82, 2.24) is 4.90 Å². The highest BCUT2D eigenvalue weighted by molar-refractivity contribution is 6.45. The third-order valence-corrected chi connectivity index (χ3v) is 5.75. The van der Waals surface area contributed by atoms with Crippen LogP contribution in [0.3, 0.4) is 0 Å². The number of amides is 2. The highest BCUT2D eigenvalue weighted by Gasteiger charge is 2.44. The molecule has 30 heavy (non-hydrogen) atoms. The van der Waals surface area contributed by atoms with Crippen LogP contribution in [0.4, 0.5) is 5.69 Å². The summed E-state index contributed by atoms with van der Waals surface area (Å²) in [6.45, 7) is 9.05. The molecule has 1 saturated heterocycles. The second-order valence-electron chi connectivity index (χ2n) is 8.13. The summed E-state index contributed by atoms with van der Waals surface area (Å²) in [5.41, 5.74) is 4.21. The molecule has 0 spiro atoms. The van der Waals surface area contributed by atoms with Gasteiger partial charge in [0, 0.05) is 18.1 Å². The maximum absolute atomic E-state index is 13.6. The number of carbonyl (C=O) groups is 2. The number of halogens is 1. The minimum atomic E-state index is -0.323. The zero-order chi connectivity index (χ0) is 21.6. The van der Waals surface area contributed by atoms with Gasteiger partial charge in [0.05, 0.1) is 23.5 Å². The molecule has 1 fully saturated rings. The summed E-state index contributed by atoms with van der Waals surface area (Å²) >= 11 is 6.15. The van der Waals surface area contributed by atoms with Gasteiger partial charge in [-0.15, -0.1) is 0 Å². The standard InChI is InChI=1S/C24H25ClN2O3/c1-14-8-9-20(15(2)10-14)21-22(26-12-16(3)30-17(4)13-26)24(29)27(23(21)28)19-7-5-6-18(25)11-19/h5-11,16-17H,12-13H2,1-4H3. The van der Waals surface area contributed by atoms with Crippen molar-refractivity contribution in [2.75, 3.05) is 18.0 Å². The topological polar surface area (TPSA) is 49.9 Å². The number of ether oxygens (including phenoxy) is 1. The van der Waals surface area contributed by atoms with Gasteiger partial charge in [0.15, 0.2) is 0 Å². The summed E-state index contributed by atoms with van der Waals surface area (Å²) in [7, 11) is 0. The van der Waals surface area contributed by atoms with E-state index in [1.165, 1.54) is 4.90 Å². The second-order valence-corrected chi connectivity index (χ2v) is 8.57. The molecule has 5 nitrogen and oxygen atoms in total. The molecule has 2 heterocycles. The minimum Gasteiger partial charge on any atom is -0.372 e. The maximum Gasteiger partial charge on any atom is 0.282 e. The monoisotopic (exact) mass is 424 g/mol. The van der Waals surface area contributed by atoms with Crippen LogP contribution >= 0.6 is 11.6 Å². The molecular weight excluding hydrogens is 400 g/mol. The molecule has 156 valence electrons. The molecule has 2 aromatic rings. The fraction of sp³-hybridized carbons (Fsp3) is 0.333. The number of anilines is 1. The van der Waals surface area contributed by atoms with E-state index in [0.29, 0.717) is 35.1 Å². The normalized spacial score (nSPS) is 22.3. The van der Waals surface area contributed by atoms with Crippen molar-refractivity contribution >= 4 is 34.7 Å². The van der Waals surface area contributed by atoms with Crippen molar-refractivity contribution in [2.45, 2.75) is 39.9 Å². The van der Waals surface area contributed by atoms with Crippen LogP contribution in [0.2, 0.25) is 5.02 Å². The van der Waals surface area contributed by atoms with E-state index in [1.807, 2.05) is 50.8 Å². The van der Waals surface area contributed by atoms with Crippen molar-refractivity contribution in [2.24, 2.45) is 0 Å². The van der Waals surface area contributed by atoms with Gasteiger partial charge in [0.1, 0.15) is 5.70 Å². The van der Waals surface area contributed by atoms with Gasteiger partial charge in [-0.2, -0.15) is 0 Å².